The minimum atomic E-state index is -0.267. The van der Waals surface area contributed by atoms with Gasteiger partial charge in [-0.1, -0.05) is 0 Å². The summed E-state index contributed by atoms with van der Waals surface area (Å²) in [6.07, 6.45) is 9.55. The van der Waals surface area contributed by atoms with Crippen LogP contribution >= 0.6 is 11.3 Å². The molecule has 4 aliphatic carbocycles. The molecule has 0 saturated heterocycles. The molecule has 4 saturated carbocycles. The Kier molecular flexibility index (Phi) is 2.70. The number of thiophene rings is 1. The van der Waals surface area contributed by atoms with E-state index in [1.807, 2.05) is 22.9 Å². The van der Waals surface area contributed by atoms with Gasteiger partial charge in [0.1, 0.15) is 0 Å². The van der Waals surface area contributed by atoms with Crippen LogP contribution in [0.3, 0.4) is 0 Å². The molecule has 0 N–H and O–H groups in total. The normalized spacial score (nSPS) is 41.1. The van der Waals surface area contributed by atoms with Crippen LogP contribution < -0.4 is 0 Å². The fraction of sp³-hybridized carbons (Fsp3) is 0.556. The van der Waals surface area contributed by atoms with Crippen molar-refractivity contribution in [3.63, 3.8) is 0 Å². The molecule has 0 radical (unpaired) electrons. The highest BCUT2D eigenvalue weighted by Gasteiger charge is 2.55. The average Bonchev–Trinajstić information content (AvgIpc) is 3.09. The van der Waals surface area contributed by atoms with E-state index in [0.29, 0.717) is 5.70 Å². The first-order valence-corrected chi connectivity index (χ1v) is 9.20. The summed E-state index contributed by atoms with van der Waals surface area (Å²) in [5.41, 5.74) is 1.57. The number of cyclic esters (lactones) is 1. The molecule has 22 heavy (non-hydrogen) atoms. The summed E-state index contributed by atoms with van der Waals surface area (Å²) in [6, 6.07) is 2.00. The van der Waals surface area contributed by atoms with Crippen molar-refractivity contribution in [2.45, 2.75) is 38.5 Å². The molecule has 1 aromatic heterocycles. The van der Waals surface area contributed by atoms with Gasteiger partial charge in [-0.15, -0.1) is 0 Å². The number of hydrogen-bond acceptors (Lipinski definition) is 4. The highest BCUT2D eigenvalue weighted by Crippen LogP contribution is 2.61. The van der Waals surface area contributed by atoms with Crippen molar-refractivity contribution in [1.82, 2.24) is 0 Å². The van der Waals surface area contributed by atoms with Gasteiger partial charge < -0.3 is 4.74 Å². The Labute approximate surface area is 134 Å². The molecule has 0 spiro atoms. The second kappa shape index (κ2) is 4.54. The largest absolute Gasteiger partial charge is 0.406 e. The van der Waals surface area contributed by atoms with E-state index in [4.69, 9.17) is 4.74 Å². The number of esters is 1. The van der Waals surface area contributed by atoms with Crippen molar-refractivity contribution >= 4 is 29.3 Å². The van der Waals surface area contributed by atoms with Gasteiger partial charge >= 0.3 is 5.97 Å². The van der Waals surface area contributed by atoms with Gasteiger partial charge in [-0.2, -0.15) is 11.3 Å². The number of carbonyl (C=O) groups excluding carboxylic acids is 1. The lowest BCUT2D eigenvalue weighted by Gasteiger charge is -2.55. The molecule has 0 aromatic carbocycles. The lowest BCUT2D eigenvalue weighted by atomic mass is 9.49. The number of rotatable bonds is 2. The fourth-order valence-electron chi connectivity index (χ4n) is 5.52. The van der Waals surface area contributed by atoms with Gasteiger partial charge in [0, 0.05) is 5.41 Å². The van der Waals surface area contributed by atoms with Gasteiger partial charge in [-0.3, -0.25) is 0 Å². The Morgan fingerprint density at radius 3 is 2.45 bits per heavy atom. The number of aliphatic imine (C=N–C) groups is 1. The third kappa shape index (κ3) is 1.93. The third-order valence-electron chi connectivity index (χ3n) is 5.96. The molecule has 4 bridgehead atoms. The van der Waals surface area contributed by atoms with E-state index in [2.05, 4.69) is 4.99 Å². The van der Waals surface area contributed by atoms with E-state index >= 15 is 0 Å². The summed E-state index contributed by atoms with van der Waals surface area (Å²) in [4.78, 5) is 16.8. The van der Waals surface area contributed by atoms with Crippen LogP contribution in [0.25, 0.3) is 6.08 Å². The lowest BCUT2D eigenvalue weighted by molar-refractivity contribution is -0.131. The number of hydrogen-bond donors (Lipinski definition) is 0. The second-order valence-electron chi connectivity index (χ2n) is 7.59. The van der Waals surface area contributed by atoms with Crippen molar-refractivity contribution in [2.24, 2.45) is 28.2 Å². The van der Waals surface area contributed by atoms with Gasteiger partial charge in [0.2, 0.25) is 5.90 Å². The third-order valence-corrected chi connectivity index (χ3v) is 6.66. The Balaban J connectivity index is 1.50. The highest BCUT2D eigenvalue weighted by molar-refractivity contribution is 7.08. The maximum Gasteiger partial charge on any atom is 0.363 e. The van der Waals surface area contributed by atoms with Gasteiger partial charge in [-0.05, 0) is 84.7 Å². The molecule has 0 amide bonds. The maximum atomic E-state index is 12.2. The van der Waals surface area contributed by atoms with E-state index in [9.17, 15) is 4.79 Å². The molecule has 0 atom stereocenters. The molecule has 6 rings (SSSR count). The van der Waals surface area contributed by atoms with E-state index in [1.165, 1.54) is 38.5 Å². The average molecular weight is 313 g/mol. The van der Waals surface area contributed by atoms with Crippen LogP contribution in [0.4, 0.5) is 0 Å². The van der Waals surface area contributed by atoms with Gasteiger partial charge in [0.05, 0.1) is 0 Å². The molecule has 5 aliphatic rings. The molecule has 1 aromatic rings. The maximum absolute atomic E-state index is 12.2. The Morgan fingerprint density at radius 2 is 1.86 bits per heavy atom. The van der Waals surface area contributed by atoms with Crippen molar-refractivity contribution in [2.75, 3.05) is 0 Å². The summed E-state index contributed by atoms with van der Waals surface area (Å²) < 4.78 is 5.65. The summed E-state index contributed by atoms with van der Waals surface area (Å²) in [5.74, 6) is 2.96. The molecule has 3 nitrogen and oxygen atoms in total. The summed E-state index contributed by atoms with van der Waals surface area (Å²) >= 11 is 1.63. The molecule has 4 fully saturated rings. The topological polar surface area (TPSA) is 38.7 Å². The molecule has 2 heterocycles. The molecule has 4 heteroatoms. The molecule has 0 unspecified atom stereocenters. The minimum Gasteiger partial charge on any atom is -0.406 e. The van der Waals surface area contributed by atoms with Crippen LogP contribution in [-0.2, 0) is 9.53 Å². The van der Waals surface area contributed by atoms with Crippen LogP contribution in [0.2, 0.25) is 0 Å². The zero-order chi connectivity index (χ0) is 14.7. The lowest BCUT2D eigenvalue weighted by Crippen LogP contribution is -2.50. The smallest absolute Gasteiger partial charge is 0.363 e. The summed E-state index contributed by atoms with van der Waals surface area (Å²) in [7, 11) is 0. The van der Waals surface area contributed by atoms with Crippen molar-refractivity contribution in [3.05, 3.63) is 28.1 Å². The van der Waals surface area contributed by atoms with Gasteiger partial charge in [0.25, 0.3) is 0 Å². The van der Waals surface area contributed by atoms with Crippen molar-refractivity contribution < 1.29 is 9.53 Å². The fourth-order valence-corrected chi connectivity index (χ4v) is 6.14. The zero-order valence-electron chi connectivity index (χ0n) is 12.5. The van der Waals surface area contributed by atoms with Crippen LogP contribution in [0.1, 0.15) is 44.1 Å². The Morgan fingerprint density at radius 1 is 1.18 bits per heavy atom. The summed E-state index contributed by atoms with van der Waals surface area (Å²) in [5, 5.41) is 4.04. The van der Waals surface area contributed by atoms with Crippen LogP contribution in [0, 0.1) is 23.2 Å². The van der Waals surface area contributed by atoms with E-state index in [-0.39, 0.29) is 11.4 Å². The zero-order valence-corrected chi connectivity index (χ0v) is 13.3. The number of nitrogens with zero attached hydrogens (tertiary/aromatic N) is 1. The van der Waals surface area contributed by atoms with Gasteiger partial charge in [0.15, 0.2) is 5.70 Å². The predicted octanol–water partition coefficient (Wildman–Crippen LogP) is 4.26. The predicted molar refractivity (Wildman–Crippen MR) is 86.4 cm³/mol. The standard InChI is InChI=1S/C18H19NO2S/c20-16-15(6-11-1-2-22-10-11)19-17(21-16)18-7-12-3-13(8-18)5-14(4-12)9-18/h1-2,6,10,12-14H,3-5,7-9H2/b15-6+. The van der Waals surface area contributed by atoms with E-state index in [0.717, 1.165) is 29.2 Å². The quantitative estimate of drug-likeness (QED) is 0.604. The number of ether oxygens (including phenoxy) is 1. The Bertz CT molecular complexity index is 651. The van der Waals surface area contributed by atoms with E-state index in [1.54, 1.807) is 11.3 Å². The first-order chi connectivity index (χ1) is 10.7. The van der Waals surface area contributed by atoms with E-state index < -0.39 is 0 Å². The highest BCUT2D eigenvalue weighted by atomic mass is 32.1. The van der Waals surface area contributed by atoms with Crippen molar-refractivity contribution in [3.8, 4) is 0 Å². The van der Waals surface area contributed by atoms with Crippen LogP contribution in [-0.4, -0.2) is 11.9 Å². The number of carbonyl (C=O) groups is 1. The minimum absolute atomic E-state index is 0.0641. The van der Waals surface area contributed by atoms with Crippen molar-refractivity contribution in [1.29, 1.82) is 0 Å². The summed E-state index contributed by atoms with van der Waals surface area (Å²) in [6.45, 7) is 0. The second-order valence-corrected chi connectivity index (χ2v) is 8.37. The van der Waals surface area contributed by atoms with Gasteiger partial charge in [-0.25, -0.2) is 9.79 Å². The van der Waals surface area contributed by atoms with Crippen LogP contribution in [0.5, 0.6) is 0 Å². The van der Waals surface area contributed by atoms with Crippen LogP contribution in [0.15, 0.2) is 27.5 Å². The molecular weight excluding hydrogens is 294 g/mol. The molecule has 1 aliphatic heterocycles. The first-order valence-electron chi connectivity index (χ1n) is 8.25. The molecular formula is C18H19NO2S. The Hall–Kier alpha value is -1.42. The molecule has 114 valence electrons. The first kappa shape index (κ1) is 13.1. The monoisotopic (exact) mass is 313 g/mol. The SMILES string of the molecule is O=C1OC(C23CC4CC(CC(C4)C2)C3)=N/C1=C/c1ccsc1.